The van der Waals surface area contributed by atoms with Gasteiger partial charge in [-0.05, 0) is 24.2 Å². The zero-order valence-electron chi connectivity index (χ0n) is 12.0. The molecule has 2 rings (SSSR count). The normalized spacial score (nSPS) is 23.7. The summed E-state index contributed by atoms with van der Waals surface area (Å²) >= 11 is 6.29. The zero-order valence-corrected chi connectivity index (χ0v) is 12.8. The van der Waals surface area contributed by atoms with Gasteiger partial charge in [0.25, 0.3) is 0 Å². The Hall–Kier alpha value is -0.580. The van der Waals surface area contributed by atoms with E-state index < -0.39 is 0 Å². The number of nitrogens with two attached hydrogens (primary N) is 1. The van der Waals surface area contributed by atoms with Crippen LogP contribution in [0.3, 0.4) is 0 Å². The highest BCUT2D eigenvalue weighted by Gasteiger charge is 2.40. The molecular formula is C14H24ClN3O. The largest absolute Gasteiger partial charge is 0.383 e. The maximum Gasteiger partial charge on any atom is 0.0834 e. The number of hydrogen-bond donors (Lipinski definition) is 1. The van der Waals surface area contributed by atoms with Crippen LogP contribution < -0.4 is 5.73 Å². The summed E-state index contributed by atoms with van der Waals surface area (Å²) in [6, 6.07) is -0.0515. The van der Waals surface area contributed by atoms with Gasteiger partial charge in [0.2, 0.25) is 0 Å². The Bertz CT molecular complexity index is 430. The first-order chi connectivity index (χ1) is 8.97. The molecule has 1 heterocycles. The lowest BCUT2D eigenvalue weighted by Crippen LogP contribution is -2.31. The van der Waals surface area contributed by atoms with Crippen LogP contribution in [0.1, 0.15) is 44.8 Å². The minimum absolute atomic E-state index is 0.0515. The maximum atomic E-state index is 6.51. The van der Waals surface area contributed by atoms with Gasteiger partial charge in [-0.3, -0.25) is 4.68 Å². The second-order valence-electron chi connectivity index (χ2n) is 6.11. The first kappa shape index (κ1) is 14.8. The molecule has 5 heteroatoms. The molecular weight excluding hydrogens is 262 g/mol. The summed E-state index contributed by atoms with van der Waals surface area (Å²) in [4.78, 5) is 0. The fourth-order valence-corrected chi connectivity index (χ4v) is 3.54. The van der Waals surface area contributed by atoms with Gasteiger partial charge in [0.15, 0.2) is 0 Å². The first-order valence-corrected chi connectivity index (χ1v) is 7.31. The average molecular weight is 286 g/mol. The monoisotopic (exact) mass is 285 g/mol. The van der Waals surface area contributed by atoms with Crippen molar-refractivity contribution in [1.82, 2.24) is 9.78 Å². The van der Waals surface area contributed by atoms with Crippen molar-refractivity contribution < 1.29 is 4.74 Å². The lowest BCUT2D eigenvalue weighted by molar-refractivity contribution is 0.177. The molecule has 108 valence electrons. The third-order valence-corrected chi connectivity index (χ3v) is 4.72. The third-order valence-electron chi connectivity index (χ3n) is 4.43. The fourth-order valence-electron chi connectivity index (χ4n) is 3.27. The average Bonchev–Trinajstić information content (AvgIpc) is 2.88. The van der Waals surface area contributed by atoms with Crippen molar-refractivity contribution in [3.63, 3.8) is 0 Å². The Morgan fingerprint density at radius 2 is 2.37 bits per heavy atom. The van der Waals surface area contributed by atoms with Crippen molar-refractivity contribution in [2.45, 2.75) is 45.7 Å². The van der Waals surface area contributed by atoms with Crippen LogP contribution in [0.25, 0.3) is 0 Å². The number of ether oxygens (including phenoxy) is 1. The number of aromatic nitrogens is 2. The van der Waals surface area contributed by atoms with Gasteiger partial charge in [-0.15, -0.1) is 0 Å². The van der Waals surface area contributed by atoms with Crippen molar-refractivity contribution in [3.8, 4) is 0 Å². The summed E-state index contributed by atoms with van der Waals surface area (Å²) in [6.45, 7) is 5.91. The number of rotatable bonds is 5. The van der Waals surface area contributed by atoms with Gasteiger partial charge in [0, 0.05) is 7.11 Å². The van der Waals surface area contributed by atoms with Crippen molar-refractivity contribution in [2.24, 2.45) is 17.1 Å². The predicted molar refractivity (Wildman–Crippen MR) is 77.2 cm³/mol. The quantitative estimate of drug-likeness (QED) is 0.905. The standard InChI is InChI=1S/C14H24ClN3O/c1-14(2)6-4-5-10(14)12(16)13-11(15)9-17-18(13)7-8-19-3/h9-10,12H,4-8,16H2,1-3H3. The molecule has 1 aromatic rings. The Kier molecular flexibility index (Phi) is 4.54. The summed E-state index contributed by atoms with van der Waals surface area (Å²) in [6.07, 6.45) is 5.33. The molecule has 1 fully saturated rings. The van der Waals surface area contributed by atoms with Gasteiger partial charge in [-0.25, -0.2) is 0 Å². The van der Waals surface area contributed by atoms with Gasteiger partial charge < -0.3 is 10.5 Å². The number of nitrogens with zero attached hydrogens (tertiary/aromatic N) is 2. The summed E-state index contributed by atoms with van der Waals surface area (Å²) in [7, 11) is 1.69. The van der Waals surface area contributed by atoms with Crippen molar-refractivity contribution in [2.75, 3.05) is 13.7 Å². The molecule has 2 atom stereocenters. The highest BCUT2D eigenvalue weighted by Crippen LogP contribution is 2.48. The van der Waals surface area contributed by atoms with Crippen LogP contribution in [-0.2, 0) is 11.3 Å². The lowest BCUT2D eigenvalue weighted by Gasteiger charge is -2.32. The molecule has 0 radical (unpaired) electrons. The molecule has 0 amide bonds. The SMILES string of the molecule is COCCn1ncc(Cl)c1C(N)C1CCCC1(C)C. The van der Waals surface area contributed by atoms with Crippen LogP contribution in [0.2, 0.25) is 5.02 Å². The summed E-state index contributed by atoms with van der Waals surface area (Å²) < 4.78 is 7.01. The third kappa shape index (κ3) is 2.96. The number of halogens is 1. The van der Waals surface area contributed by atoms with Gasteiger partial charge in [-0.1, -0.05) is 31.9 Å². The van der Waals surface area contributed by atoms with Gasteiger partial charge in [0.1, 0.15) is 0 Å². The molecule has 4 nitrogen and oxygen atoms in total. The van der Waals surface area contributed by atoms with Crippen molar-refractivity contribution >= 4 is 11.6 Å². The van der Waals surface area contributed by atoms with Crippen LogP contribution >= 0.6 is 11.6 Å². The van der Waals surface area contributed by atoms with Crippen LogP contribution in [0.4, 0.5) is 0 Å². The van der Waals surface area contributed by atoms with E-state index in [0.29, 0.717) is 24.1 Å². The molecule has 1 aromatic heterocycles. The van der Waals surface area contributed by atoms with Crippen LogP contribution in [0.15, 0.2) is 6.20 Å². The summed E-state index contributed by atoms with van der Waals surface area (Å²) in [5.74, 6) is 0.461. The lowest BCUT2D eigenvalue weighted by atomic mass is 9.77. The van der Waals surface area contributed by atoms with Crippen LogP contribution in [-0.4, -0.2) is 23.5 Å². The van der Waals surface area contributed by atoms with E-state index >= 15 is 0 Å². The van der Waals surface area contributed by atoms with E-state index in [-0.39, 0.29) is 11.5 Å². The fraction of sp³-hybridized carbons (Fsp3) is 0.786. The van der Waals surface area contributed by atoms with Gasteiger partial charge >= 0.3 is 0 Å². The second-order valence-corrected chi connectivity index (χ2v) is 6.51. The minimum Gasteiger partial charge on any atom is -0.383 e. The number of hydrogen-bond acceptors (Lipinski definition) is 3. The Balaban J connectivity index is 2.23. The molecule has 0 spiro atoms. The smallest absolute Gasteiger partial charge is 0.0834 e. The molecule has 0 saturated heterocycles. The van der Waals surface area contributed by atoms with E-state index in [1.165, 1.54) is 19.3 Å². The predicted octanol–water partition coefficient (Wildman–Crippen LogP) is 3.01. The van der Waals surface area contributed by atoms with E-state index in [2.05, 4.69) is 18.9 Å². The second kappa shape index (κ2) is 5.81. The van der Waals surface area contributed by atoms with Gasteiger partial charge in [-0.2, -0.15) is 5.10 Å². The summed E-state index contributed by atoms with van der Waals surface area (Å²) in [5, 5.41) is 4.99. The van der Waals surface area contributed by atoms with E-state index in [4.69, 9.17) is 22.1 Å². The molecule has 0 aliphatic heterocycles. The maximum absolute atomic E-state index is 6.51. The first-order valence-electron chi connectivity index (χ1n) is 6.93. The zero-order chi connectivity index (χ0) is 14.0. The Morgan fingerprint density at radius 1 is 1.63 bits per heavy atom. The van der Waals surface area contributed by atoms with E-state index in [9.17, 15) is 0 Å². The molecule has 0 aromatic carbocycles. The van der Waals surface area contributed by atoms with Gasteiger partial charge in [0.05, 0.1) is 36.1 Å². The molecule has 1 aliphatic rings. The van der Waals surface area contributed by atoms with Crippen molar-refractivity contribution in [1.29, 1.82) is 0 Å². The molecule has 1 saturated carbocycles. The Labute approximate surface area is 120 Å². The highest BCUT2D eigenvalue weighted by atomic mass is 35.5. The molecule has 1 aliphatic carbocycles. The number of methoxy groups -OCH3 is 1. The highest BCUT2D eigenvalue weighted by molar-refractivity contribution is 6.31. The molecule has 19 heavy (non-hydrogen) atoms. The topological polar surface area (TPSA) is 53.1 Å². The van der Waals surface area contributed by atoms with E-state index in [1.54, 1.807) is 13.3 Å². The molecule has 0 bridgehead atoms. The van der Waals surface area contributed by atoms with E-state index in [0.717, 1.165) is 5.69 Å². The molecule has 2 N–H and O–H groups in total. The minimum atomic E-state index is -0.0515. The van der Waals surface area contributed by atoms with Crippen LogP contribution in [0.5, 0.6) is 0 Å². The van der Waals surface area contributed by atoms with Crippen molar-refractivity contribution in [3.05, 3.63) is 16.9 Å². The van der Waals surface area contributed by atoms with E-state index in [1.807, 2.05) is 4.68 Å². The molecule has 2 unspecified atom stereocenters. The Morgan fingerprint density at radius 3 is 2.95 bits per heavy atom. The summed E-state index contributed by atoms with van der Waals surface area (Å²) in [5.41, 5.74) is 7.74. The van der Waals surface area contributed by atoms with Crippen LogP contribution in [0, 0.1) is 11.3 Å².